The number of ether oxygens (including phenoxy) is 1. The molecule has 27 heavy (non-hydrogen) atoms. The van der Waals surface area contributed by atoms with Gasteiger partial charge in [-0.3, -0.25) is 14.3 Å². The summed E-state index contributed by atoms with van der Waals surface area (Å²) in [6.07, 6.45) is 3.89. The first-order valence-electron chi connectivity index (χ1n) is 8.61. The Morgan fingerprint density at radius 1 is 1.04 bits per heavy atom. The van der Waals surface area contributed by atoms with Crippen molar-refractivity contribution in [3.05, 3.63) is 98.9 Å². The number of benzene rings is 2. The quantitative estimate of drug-likeness (QED) is 0.499. The Kier molecular flexibility index (Phi) is 6.33. The van der Waals surface area contributed by atoms with E-state index in [4.69, 9.17) is 4.74 Å². The molecule has 0 aliphatic heterocycles. The van der Waals surface area contributed by atoms with Gasteiger partial charge < -0.3 is 4.74 Å². The highest BCUT2D eigenvalue weighted by atomic mass is 32.2. The second-order valence-electron chi connectivity index (χ2n) is 5.75. The van der Waals surface area contributed by atoms with Gasteiger partial charge in [0.05, 0.1) is 11.3 Å². The van der Waals surface area contributed by atoms with Crippen LogP contribution < -0.4 is 11.2 Å². The molecule has 3 aromatic rings. The van der Waals surface area contributed by atoms with E-state index in [9.17, 15) is 9.59 Å². The summed E-state index contributed by atoms with van der Waals surface area (Å²) in [5.41, 5.74) is 0.735. The van der Waals surface area contributed by atoms with E-state index in [0.29, 0.717) is 17.0 Å². The molecule has 1 N–H and O–H groups in total. The van der Waals surface area contributed by atoms with E-state index in [2.05, 4.69) is 4.98 Å². The fourth-order valence-corrected chi connectivity index (χ4v) is 3.67. The van der Waals surface area contributed by atoms with Crippen LogP contribution in [0.4, 0.5) is 0 Å². The zero-order valence-corrected chi connectivity index (χ0v) is 15.7. The monoisotopic (exact) mass is 380 g/mol. The van der Waals surface area contributed by atoms with Gasteiger partial charge in [-0.15, -0.1) is 0 Å². The van der Waals surface area contributed by atoms with Crippen LogP contribution in [0.2, 0.25) is 0 Å². The van der Waals surface area contributed by atoms with Crippen LogP contribution >= 0.6 is 11.8 Å². The maximum atomic E-state index is 12.4. The van der Waals surface area contributed by atoms with Crippen LogP contribution in [0.5, 0.6) is 0 Å². The number of aromatic nitrogens is 2. The van der Waals surface area contributed by atoms with E-state index in [1.807, 2.05) is 73.7 Å². The van der Waals surface area contributed by atoms with Crippen LogP contribution in [0.1, 0.15) is 18.1 Å². The number of hydrogen-bond donors (Lipinski definition) is 1. The molecule has 0 spiro atoms. The van der Waals surface area contributed by atoms with Crippen molar-refractivity contribution in [3.63, 3.8) is 0 Å². The summed E-state index contributed by atoms with van der Waals surface area (Å²) >= 11 is 1.39. The molecule has 5 nitrogen and oxygen atoms in total. The maximum absolute atomic E-state index is 12.4. The van der Waals surface area contributed by atoms with Gasteiger partial charge in [-0.05, 0) is 30.2 Å². The average Bonchev–Trinajstić information content (AvgIpc) is 2.69. The standard InChI is InChI=1S/C21H20N2O3S/c1-2-18-19(24)22-21(25)23(20(18)27-17-11-7-4-8-12-17)15-26-14-13-16-9-5-3-6-10-16/h3-14H,2,15H2,1H3,(H,22,24,25). The average molecular weight is 380 g/mol. The third-order valence-electron chi connectivity index (χ3n) is 3.91. The Bertz CT molecular complexity index is 1020. The lowest BCUT2D eigenvalue weighted by Crippen LogP contribution is -2.34. The molecule has 138 valence electrons. The van der Waals surface area contributed by atoms with Crippen LogP contribution in [0, 0.1) is 0 Å². The molecule has 2 aromatic carbocycles. The maximum Gasteiger partial charge on any atom is 0.331 e. The summed E-state index contributed by atoms with van der Waals surface area (Å²) in [5, 5.41) is 0.602. The molecule has 6 heteroatoms. The summed E-state index contributed by atoms with van der Waals surface area (Å²) in [6.45, 7) is 1.91. The van der Waals surface area contributed by atoms with Gasteiger partial charge in [0.1, 0.15) is 0 Å². The second-order valence-corrected chi connectivity index (χ2v) is 6.81. The van der Waals surface area contributed by atoms with Gasteiger partial charge in [-0.2, -0.15) is 0 Å². The summed E-state index contributed by atoms with van der Waals surface area (Å²) in [4.78, 5) is 27.9. The molecule has 3 rings (SSSR count). The molecule has 0 radical (unpaired) electrons. The zero-order chi connectivity index (χ0) is 19.1. The number of aromatic amines is 1. The summed E-state index contributed by atoms with van der Waals surface area (Å²) in [7, 11) is 0. The molecule has 0 aliphatic rings. The third-order valence-corrected chi connectivity index (χ3v) is 5.08. The smallest absolute Gasteiger partial charge is 0.331 e. The minimum Gasteiger partial charge on any atom is -0.480 e. The highest BCUT2D eigenvalue weighted by Crippen LogP contribution is 2.28. The molecule has 0 saturated carbocycles. The molecule has 1 heterocycles. The van der Waals surface area contributed by atoms with Gasteiger partial charge >= 0.3 is 5.69 Å². The first-order chi connectivity index (χ1) is 13.2. The Morgan fingerprint density at radius 3 is 2.37 bits per heavy atom. The van der Waals surface area contributed by atoms with E-state index < -0.39 is 5.69 Å². The topological polar surface area (TPSA) is 64.1 Å². The Hall–Kier alpha value is -2.99. The molecule has 0 amide bonds. The van der Waals surface area contributed by atoms with Gasteiger partial charge in [0.15, 0.2) is 6.73 Å². The lowest BCUT2D eigenvalue weighted by Gasteiger charge is -2.14. The molecule has 0 aliphatic carbocycles. The highest BCUT2D eigenvalue weighted by Gasteiger charge is 2.15. The number of rotatable bonds is 7. The van der Waals surface area contributed by atoms with Crippen molar-refractivity contribution in [1.82, 2.24) is 9.55 Å². The van der Waals surface area contributed by atoms with Crippen molar-refractivity contribution in [2.45, 2.75) is 30.0 Å². The highest BCUT2D eigenvalue weighted by molar-refractivity contribution is 7.99. The molecule has 1 aromatic heterocycles. The van der Waals surface area contributed by atoms with E-state index in [1.54, 1.807) is 6.26 Å². The van der Waals surface area contributed by atoms with Crippen molar-refractivity contribution in [3.8, 4) is 0 Å². The Balaban J connectivity index is 1.88. The van der Waals surface area contributed by atoms with Crippen molar-refractivity contribution >= 4 is 17.8 Å². The minimum atomic E-state index is -0.483. The first kappa shape index (κ1) is 18.8. The molecular weight excluding hydrogens is 360 g/mol. The summed E-state index contributed by atoms with van der Waals surface area (Å²) in [6, 6.07) is 19.4. The van der Waals surface area contributed by atoms with Crippen molar-refractivity contribution in [2.75, 3.05) is 0 Å². The lowest BCUT2D eigenvalue weighted by molar-refractivity contribution is 0.162. The second kappa shape index (κ2) is 9.09. The predicted octanol–water partition coefficient (Wildman–Crippen LogP) is 3.90. The molecular formula is C21H20N2O3S. The van der Waals surface area contributed by atoms with Crippen LogP contribution in [0.15, 0.2) is 86.4 Å². The van der Waals surface area contributed by atoms with Crippen molar-refractivity contribution in [2.24, 2.45) is 0 Å². The predicted molar refractivity (Wildman–Crippen MR) is 108 cm³/mol. The molecule has 0 saturated heterocycles. The van der Waals surface area contributed by atoms with Gasteiger partial charge in [0, 0.05) is 10.5 Å². The largest absolute Gasteiger partial charge is 0.480 e. The Morgan fingerprint density at radius 2 is 1.70 bits per heavy atom. The molecule has 0 unspecified atom stereocenters. The van der Waals surface area contributed by atoms with Gasteiger partial charge in [0.25, 0.3) is 5.56 Å². The van der Waals surface area contributed by atoms with Gasteiger partial charge in [-0.25, -0.2) is 4.79 Å². The van der Waals surface area contributed by atoms with Gasteiger partial charge in [-0.1, -0.05) is 67.2 Å². The van der Waals surface area contributed by atoms with E-state index >= 15 is 0 Å². The zero-order valence-electron chi connectivity index (χ0n) is 14.9. The molecule has 0 bridgehead atoms. The van der Waals surface area contributed by atoms with Crippen LogP contribution in [0.3, 0.4) is 0 Å². The van der Waals surface area contributed by atoms with E-state index in [0.717, 1.165) is 10.5 Å². The van der Waals surface area contributed by atoms with Crippen LogP contribution in [-0.2, 0) is 17.9 Å². The normalized spacial score (nSPS) is 11.0. The fourth-order valence-electron chi connectivity index (χ4n) is 2.55. The SMILES string of the molecule is CCc1c(Sc2ccccc2)n(COC=Cc2ccccc2)c(=O)[nH]c1=O. The van der Waals surface area contributed by atoms with E-state index in [1.165, 1.54) is 16.3 Å². The third kappa shape index (κ3) is 4.80. The number of nitrogens with one attached hydrogen (secondary N) is 1. The summed E-state index contributed by atoms with van der Waals surface area (Å²) < 4.78 is 7.02. The Labute approximate surface area is 161 Å². The first-order valence-corrected chi connectivity index (χ1v) is 9.42. The number of hydrogen-bond acceptors (Lipinski definition) is 4. The van der Waals surface area contributed by atoms with Crippen LogP contribution in [0.25, 0.3) is 6.08 Å². The van der Waals surface area contributed by atoms with E-state index in [-0.39, 0.29) is 12.3 Å². The number of nitrogens with zero attached hydrogens (tertiary/aromatic N) is 1. The van der Waals surface area contributed by atoms with Gasteiger partial charge in [0.2, 0.25) is 0 Å². The minimum absolute atomic E-state index is 0.0150. The summed E-state index contributed by atoms with van der Waals surface area (Å²) in [5.74, 6) is 0. The van der Waals surface area contributed by atoms with Crippen molar-refractivity contribution < 1.29 is 4.74 Å². The molecule has 0 atom stereocenters. The van der Waals surface area contributed by atoms with Crippen LogP contribution in [-0.4, -0.2) is 9.55 Å². The lowest BCUT2D eigenvalue weighted by atomic mass is 10.2. The molecule has 0 fully saturated rings. The number of H-pyrrole nitrogens is 1. The fraction of sp³-hybridized carbons (Fsp3) is 0.143. The van der Waals surface area contributed by atoms with Crippen molar-refractivity contribution in [1.29, 1.82) is 0 Å².